The van der Waals surface area contributed by atoms with Crippen molar-refractivity contribution in [3.05, 3.63) is 29.8 Å². The topological polar surface area (TPSA) is 50.4 Å². The molecule has 4 nitrogen and oxygen atoms in total. The summed E-state index contributed by atoms with van der Waals surface area (Å²) < 4.78 is 5.73. The molecule has 1 aromatic rings. The zero-order valence-corrected chi connectivity index (χ0v) is 14.5. The normalized spacial score (nSPS) is 13.7. The second-order valence-corrected chi connectivity index (χ2v) is 6.12. The first-order valence-electron chi connectivity index (χ1n) is 8.16. The Bertz CT molecular complexity index is 460. The number of hydrogen-bond donors (Lipinski definition) is 2. The van der Waals surface area contributed by atoms with Gasteiger partial charge in [-0.3, -0.25) is 4.79 Å². The molecule has 1 rings (SSSR count). The van der Waals surface area contributed by atoms with Crippen molar-refractivity contribution >= 4 is 5.91 Å². The van der Waals surface area contributed by atoms with E-state index in [1.165, 1.54) is 0 Å². The summed E-state index contributed by atoms with van der Waals surface area (Å²) in [5.41, 5.74) is 1.06. The van der Waals surface area contributed by atoms with E-state index in [9.17, 15) is 4.79 Å². The molecule has 1 amide bonds. The standard InChI is InChI=1S/C18H30N2O2/c1-6-22-17-10-8-7-9-15(17)16(11-13(2)3)20-18(21)14(4)12-19-5/h7-10,13-14,16,19H,6,11-12H2,1-5H3,(H,20,21). The third kappa shape index (κ3) is 5.68. The van der Waals surface area contributed by atoms with Gasteiger partial charge in [0.15, 0.2) is 0 Å². The van der Waals surface area contributed by atoms with Gasteiger partial charge in [-0.05, 0) is 32.4 Å². The molecule has 2 N–H and O–H groups in total. The van der Waals surface area contributed by atoms with Crippen molar-refractivity contribution in [2.24, 2.45) is 11.8 Å². The Morgan fingerprint density at radius 1 is 1.23 bits per heavy atom. The average molecular weight is 306 g/mol. The van der Waals surface area contributed by atoms with Gasteiger partial charge in [0, 0.05) is 18.0 Å². The first kappa shape index (κ1) is 18.5. The molecule has 0 bridgehead atoms. The lowest BCUT2D eigenvalue weighted by atomic mass is 9.95. The van der Waals surface area contributed by atoms with E-state index in [4.69, 9.17) is 4.74 Å². The van der Waals surface area contributed by atoms with Crippen LogP contribution in [0.4, 0.5) is 0 Å². The van der Waals surface area contributed by atoms with Crippen LogP contribution in [-0.2, 0) is 4.79 Å². The van der Waals surface area contributed by atoms with Crippen molar-refractivity contribution in [3.8, 4) is 5.75 Å². The molecular weight excluding hydrogens is 276 g/mol. The summed E-state index contributed by atoms with van der Waals surface area (Å²) in [6.07, 6.45) is 0.891. The van der Waals surface area contributed by atoms with Crippen molar-refractivity contribution in [3.63, 3.8) is 0 Å². The molecule has 0 spiro atoms. The Kier molecular flexibility index (Phi) is 7.96. The van der Waals surface area contributed by atoms with E-state index in [1.54, 1.807) is 0 Å². The van der Waals surface area contributed by atoms with Crippen molar-refractivity contribution in [1.82, 2.24) is 10.6 Å². The van der Waals surface area contributed by atoms with E-state index in [0.717, 1.165) is 17.7 Å². The molecule has 2 unspecified atom stereocenters. The van der Waals surface area contributed by atoms with Gasteiger partial charge in [-0.25, -0.2) is 0 Å². The maximum Gasteiger partial charge on any atom is 0.224 e. The smallest absolute Gasteiger partial charge is 0.224 e. The summed E-state index contributed by atoms with van der Waals surface area (Å²) in [6, 6.07) is 7.95. The highest BCUT2D eigenvalue weighted by Gasteiger charge is 2.22. The summed E-state index contributed by atoms with van der Waals surface area (Å²) in [6.45, 7) is 9.54. The fourth-order valence-corrected chi connectivity index (χ4v) is 2.50. The molecule has 0 aliphatic rings. The van der Waals surface area contributed by atoms with E-state index in [0.29, 0.717) is 19.1 Å². The predicted octanol–water partition coefficient (Wildman–Crippen LogP) is 3.14. The number of nitrogens with one attached hydrogen (secondary N) is 2. The molecule has 0 fully saturated rings. The van der Waals surface area contributed by atoms with Gasteiger partial charge < -0.3 is 15.4 Å². The summed E-state index contributed by atoms with van der Waals surface area (Å²) in [4.78, 5) is 12.4. The number of carbonyl (C=O) groups excluding carboxylic acids is 1. The van der Waals surface area contributed by atoms with Gasteiger partial charge in [0.05, 0.1) is 12.6 Å². The molecule has 2 atom stereocenters. The molecule has 0 heterocycles. The van der Waals surface area contributed by atoms with Gasteiger partial charge in [0.1, 0.15) is 5.75 Å². The summed E-state index contributed by atoms with van der Waals surface area (Å²) in [5.74, 6) is 1.36. The number of carbonyl (C=O) groups is 1. The Labute approximate surface area is 134 Å². The fraction of sp³-hybridized carbons (Fsp3) is 0.611. The molecule has 4 heteroatoms. The maximum atomic E-state index is 12.4. The SMILES string of the molecule is CCOc1ccccc1C(CC(C)C)NC(=O)C(C)CNC. The molecular formula is C18H30N2O2. The van der Waals surface area contributed by atoms with Crippen LogP contribution in [0.2, 0.25) is 0 Å². The Morgan fingerprint density at radius 2 is 1.91 bits per heavy atom. The van der Waals surface area contributed by atoms with Crippen LogP contribution in [0.15, 0.2) is 24.3 Å². The molecule has 0 aliphatic heterocycles. The van der Waals surface area contributed by atoms with Gasteiger partial charge in [-0.2, -0.15) is 0 Å². The number of para-hydroxylation sites is 1. The number of amides is 1. The highest BCUT2D eigenvalue weighted by molar-refractivity contribution is 5.79. The van der Waals surface area contributed by atoms with E-state index in [1.807, 2.05) is 45.2 Å². The van der Waals surface area contributed by atoms with Crippen LogP contribution in [0.25, 0.3) is 0 Å². The average Bonchev–Trinajstić information content (AvgIpc) is 2.47. The van der Waals surface area contributed by atoms with E-state index < -0.39 is 0 Å². The van der Waals surface area contributed by atoms with Gasteiger partial charge in [0.2, 0.25) is 5.91 Å². The van der Waals surface area contributed by atoms with E-state index in [2.05, 4.69) is 24.5 Å². The van der Waals surface area contributed by atoms with Crippen molar-refractivity contribution < 1.29 is 9.53 Å². The fourth-order valence-electron chi connectivity index (χ4n) is 2.50. The Morgan fingerprint density at radius 3 is 2.50 bits per heavy atom. The summed E-state index contributed by atoms with van der Waals surface area (Å²) in [5, 5.41) is 6.24. The number of rotatable bonds is 9. The van der Waals surface area contributed by atoms with Crippen LogP contribution in [0.1, 0.15) is 45.7 Å². The molecule has 1 aromatic carbocycles. The van der Waals surface area contributed by atoms with Crippen LogP contribution >= 0.6 is 0 Å². The van der Waals surface area contributed by atoms with Crippen LogP contribution in [-0.4, -0.2) is 26.1 Å². The lowest BCUT2D eigenvalue weighted by Crippen LogP contribution is -2.37. The van der Waals surface area contributed by atoms with Crippen LogP contribution in [0, 0.1) is 11.8 Å². The van der Waals surface area contributed by atoms with Crippen molar-refractivity contribution in [2.75, 3.05) is 20.2 Å². The first-order valence-corrected chi connectivity index (χ1v) is 8.16. The number of benzene rings is 1. The van der Waals surface area contributed by atoms with Crippen molar-refractivity contribution in [1.29, 1.82) is 0 Å². The molecule has 0 saturated carbocycles. The van der Waals surface area contributed by atoms with E-state index in [-0.39, 0.29) is 17.9 Å². The summed E-state index contributed by atoms with van der Waals surface area (Å²) >= 11 is 0. The molecule has 0 saturated heterocycles. The second-order valence-electron chi connectivity index (χ2n) is 6.12. The highest BCUT2D eigenvalue weighted by Crippen LogP contribution is 2.29. The third-order valence-electron chi connectivity index (χ3n) is 3.58. The zero-order chi connectivity index (χ0) is 16.5. The van der Waals surface area contributed by atoms with Gasteiger partial charge in [0.25, 0.3) is 0 Å². The lowest BCUT2D eigenvalue weighted by molar-refractivity contribution is -0.125. The highest BCUT2D eigenvalue weighted by atomic mass is 16.5. The largest absolute Gasteiger partial charge is 0.494 e. The molecule has 0 aliphatic carbocycles. The predicted molar refractivity (Wildman–Crippen MR) is 91.0 cm³/mol. The Hall–Kier alpha value is -1.55. The number of hydrogen-bond acceptors (Lipinski definition) is 3. The van der Waals surface area contributed by atoms with Gasteiger partial charge in [-0.15, -0.1) is 0 Å². The molecule has 0 radical (unpaired) electrons. The van der Waals surface area contributed by atoms with Crippen LogP contribution in [0.3, 0.4) is 0 Å². The van der Waals surface area contributed by atoms with Gasteiger partial charge in [-0.1, -0.05) is 39.0 Å². The summed E-state index contributed by atoms with van der Waals surface area (Å²) in [7, 11) is 1.86. The maximum absolute atomic E-state index is 12.4. The molecule has 124 valence electrons. The number of ether oxygens (including phenoxy) is 1. The van der Waals surface area contributed by atoms with E-state index >= 15 is 0 Å². The third-order valence-corrected chi connectivity index (χ3v) is 3.58. The zero-order valence-electron chi connectivity index (χ0n) is 14.5. The minimum absolute atomic E-state index is 0.0189. The minimum atomic E-state index is -0.0566. The second kappa shape index (κ2) is 9.46. The van der Waals surface area contributed by atoms with Crippen LogP contribution in [0.5, 0.6) is 5.75 Å². The minimum Gasteiger partial charge on any atom is -0.494 e. The monoisotopic (exact) mass is 306 g/mol. The lowest BCUT2D eigenvalue weighted by Gasteiger charge is -2.25. The quantitative estimate of drug-likeness (QED) is 0.737. The Balaban J connectivity index is 2.95. The molecule has 0 aromatic heterocycles. The molecule has 22 heavy (non-hydrogen) atoms. The first-order chi connectivity index (χ1) is 10.5. The van der Waals surface area contributed by atoms with Gasteiger partial charge >= 0.3 is 0 Å². The van der Waals surface area contributed by atoms with Crippen LogP contribution < -0.4 is 15.4 Å². The van der Waals surface area contributed by atoms with Crippen molar-refractivity contribution in [2.45, 2.75) is 40.2 Å².